The van der Waals surface area contributed by atoms with Gasteiger partial charge in [0, 0.05) is 31.9 Å². The van der Waals surface area contributed by atoms with Crippen molar-refractivity contribution in [1.29, 1.82) is 0 Å². The van der Waals surface area contributed by atoms with Crippen molar-refractivity contribution in [3.8, 4) is 0 Å². The lowest BCUT2D eigenvalue weighted by Crippen LogP contribution is -2.51. The second kappa shape index (κ2) is 8.33. The molecule has 1 spiro atoms. The smallest absolute Gasteiger partial charge is 0.260 e. The number of carbonyl (C=O) groups is 2. The molecule has 158 valence electrons. The fourth-order valence-electron chi connectivity index (χ4n) is 5.52. The number of aromatic nitrogens is 1. The van der Waals surface area contributed by atoms with Crippen LogP contribution in [0.3, 0.4) is 0 Å². The van der Waals surface area contributed by atoms with Gasteiger partial charge in [0.2, 0.25) is 5.91 Å². The highest BCUT2D eigenvalue weighted by Crippen LogP contribution is 2.40. The highest BCUT2D eigenvalue weighted by atomic mass is 16.2. The topological polar surface area (TPSA) is 73.5 Å². The molecule has 1 N–H and O–H groups in total. The number of likely N-dealkylation sites (tertiary alicyclic amines) is 2. The van der Waals surface area contributed by atoms with Crippen molar-refractivity contribution in [3.05, 3.63) is 33.7 Å². The molecule has 0 bridgehead atoms. The maximum Gasteiger partial charge on any atom is 0.260 e. The molecule has 1 aliphatic carbocycles. The second-order valence-corrected chi connectivity index (χ2v) is 9.33. The number of hydrogen-bond acceptors (Lipinski definition) is 3. The van der Waals surface area contributed by atoms with E-state index in [0.717, 1.165) is 44.0 Å². The Balaban J connectivity index is 1.40. The summed E-state index contributed by atoms with van der Waals surface area (Å²) in [5, 5.41) is 0. The highest BCUT2D eigenvalue weighted by molar-refractivity contribution is 5.95. The van der Waals surface area contributed by atoms with Gasteiger partial charge in [-0.25, -0.2) is 0 Å². The van der Waals surface area contributed by atoms with Crippen molar-refractivity contribution in [2.24, 2.45) is 11.3 Å². The Kier molecular flexibility index (Phi) is 5.79. The largest absolute Gasteiger partial charge is 0.342 e. The van der Waals surface area contributed by atoms with Gasteiger partial charge in [-0.1, -0.05) is 32.1 Å². The predicted molar refractivity (Wildman–Crippen MR) is 112 cm³/mol. The van der Waals surface area contributed by atoms with Crippen LogP contribution in [0.25, 0.3) is 0 Å². The van der Waals surface area contributed by atoms with Gasteiger partial charge in [-0.05, 0) is 50.7 Å². The maximum atomic E-state index is 13.4. The number of pyridine rings is 1. The lowest BCUT2D eigenvalue weighted by atomic mass is 9.78. The molecule has 4 rings (SSSR count). The molecule has 3 heterocycles. The molecule has 1 atom stereocenters. The molecule has 6 heteroatoms. The quantitative estimate of drug-likeness (QED) is 0.845. The molecule has 29 heavy (non-hydrogen) atoms. The maximum absolute atomic E-state index is 13.4. The van der Waals surface area contributed by atoms with Crippen LogP contribution in [-0.4, -0.2) is 52.8 Å². The number of nitrogens with zero attached hydrogens (tertiary/aromatic N) is 2. The normalized spacial score (nSPS) is 25.8. The Bertz CT molecular complexity index is 827. The fraction of sp³-hybridized carbons (Fsp3) is 0.696. The van der Waals surface area contributed by atoms with E-state index in [2.05, 4.69) is 9.88 Å². The average Bonchev–Trinajstić information content (AvgIpc) is 3.15. The minimum Gasteiger partial charge on any atom is -0.342 e. The Labute approximate surface area is 172 Å². The molecule has 0 unspecified atom stereocenters. The summed E-state index contributed by atoms with van der Waals surface area (Å²) >= 11 is 0. The number of aromatic amines is 1. The number of rotatable bonds is 4. The van der Waals surface area contributed by atoms with E-state index in [1.807, 2.05) is 0 Å². The number of piperidine rings is 1. The molecule has 0 aromatic carbocycles. The van der Waals surface area contributed by atoms with Gasteiger partial charge in [-0.15, -0.1) is 0 Å². The predicted octanol–water partition coefficient (Wildman–Crippen LogP) is 3.11. The van der Waals surface area contributed by atoms with Crippen LogP contribution in [0.4, 0.5) is 0 Å². The van der Waals surface area contributed by atoms with Crippen LogP contribution in [-0.2, 0) is 4.79 Å². The average molecular weight is 400 g/mol. The Morgan fingerprint density at radius 2 is 1.90 bits per heavy atom. The van der Waals surface area contributed by atoms with E-state index >= 15 is 0 Å². The van der Waals surface area contributed by atoms with E-state index in [0.29, 0.717) is 19.5 Å². The van der Waals surface area contributed by atoms with Crippen molar-refractivity contribution < 1.29 is 9.59 Å². The van der Waals surface area contributed by atoms with Gasteiger partial charge in [0.1, 0.15) is 5.56 Å². The standard InChI is InChI=1S/C23H33N3O3/c1-17-8-9-19(20(27)24-17)21(28)26-15-12-23(16-26)11-5-13-25(22(23)29)14-10-18-6-3-2-4-7-18/h8-9,18H,2-7,10-16H2,1H3,(H,24,27)/t23-/m1/s1. The summed E-state index contributed by atoms with van der Waals surface area (Å²) in [7, 11) is 0. The SMILES string of the molecule is Cc1ccc(C(=O)N2CC[C@]3(CCCN(CCC4CCCCC4)C3=O)C2)c(=O)[nH]1. The summed E-state index contributed by atoms with van der Waals surface area (Å²) in [6.07, 6.45) is 10.3. The van der Waals surface area contributed by atoms with Crippen molar-refractivity contribution in [2.45, 2.75) is 64.7 Å². The van der Waals surface area contributed by atoms with Crippen molar-refractivity contribution in [3.63, 3.8) is 0 Å². The van der Waals surface area contributed by atoms with E-state index in [1.54, 1.807) is 24.0 Å². The third-order valence-electron chi connectivity index (χ3n) is 7.28. The zero-order chi connectivity index (χ0) is 20.4. The minimum atomic E-state index is -0.446. The van der Waals surface area contributed by atoms with Crippen LogP contribution in [0, 0.1) is 18.3 Å². The first-order chi connectivity index (χ1) is 14.0. The van der Waals surface area contributed by atoms with Crippen LogP contribution in [0.5, 0.6) is 0 Å². The highest BCUT2D eigenvalue weighted by Gasteiger charge is 2.49. The van der Waals surface area contributed by atoms with Gasteiger partial charge >= 0.3 is 0 Å². The number of carbonyl (C=O) groups excluding carboxylic acids is 2. The van der Waals surface area contributed by atoms with Gasteiger partial charge in [0.05, 0.1) is 5.41 Å². The van der Waals surface area contributed by atoms with Gasteiger partial charge in [0.15, 0.2) is 0 Å². The molecule has 1 aromatic rings. The van der Waals surface area contributed by atoms with Gasteiger partial charge in [0.25, 0.3) is 11.5 Å². The van der Waals surface area contributed by atoms with Crippen molar-refractivity contribution >= 4 is 11.8 Å². The molecule has 0 radical (unpaired) electrons. The number of hydrogen-bond donors (Lipinski definition) is 1. The number of amides is 2. The lowest BCUT2D eigenvalue weighted by molar-refractivity contribution is -0.145. The first-order valence-electron chi connectivity index (χ1n) is 11.3. The fourth-order valence-corrected chi connectivity index (χ4v) is 5.52. The number of nitrogens with one attached hydrogen (secondary N) is 1. The Hall–Kier alpha value is -2.11. The minimum absolute atomic E-state index is 0.171. The molecule has 2 amide bonds. The molecule has 3 fully saturated rings. The Morgan fingerprint density at radius 1 is 1.10 bits per heavy atom. The van der Waals surface area contributed by atoms with Crippen LogP contribution in [0.2, 0.25) is 0 Å². The van der Waals surface area contributed by atoms with Gasteiger partial charge in [-0.3, -0.25) is 14.4 Å². The molecule has 3 aliphatic rings. The third-order valence-corrected chi connectivity index (χ3v) is 7.28. The zero-order valence-electron chi connectivity index (χ0n) is 17.5. The summed E-state index contributed by atoms with van der Waals surface area (Å²) in [5.74, 6) is 0.743. The first-order valence-corrected chi connectivity index (χ1v) is 11.3. The van der Waals surface area contributed by atoms with Crippen LogP contribution in [0.1, 0.15) is 73.8 Å². The van der Waals surface area contributed by atoms with Crippen molar-refractivity contribution in [2.75, 3.05) is 26.2 Å². The van der Waals surface area contributed by atoms with E-state index in [-0.39, 0.29) is 22.9 Å². The molecule has 1 aromatic heterocycles. The summed E-state index contributed by atoms with van der Waals surface area (Å²) in [4.78, 5) is 44.9. The molecule has 6 nitrogen and oxygen atoms in total. The zero-order valence-corrected chi connectivity index (χ0v) is 17.5. The van der Waals surface area contributed by atoms with E-state index in [9.17, 15) is 14.4 Å². The lowest BCUT2D eigenvalue weighted by Gasteiger charge is -2.40. The molecular formula is C23H33N3O3. The summed E-state index contributed by atoms with van der Waals surface area (Å²) in [6.45, 7) is 4.49. The second-order valence-electron chi connectivity index (χ2n) is 9.33. The summed E-state index contributed by atoms with van der Waals surface area (Å²) < 4.78 is 0. The molecular weight excluding hydrogens is 366 g/mol. The third kappa shape index (κ3) is 4.12. The van der Waals surface area contributed by atoms with Gasteiger partial charge in [-0.2, -0.15) is 0 Å². The summed E-state index contributed by atoms with van der Waals surface area (Å²) in [6, 6.07) is 3.35. The van der Waals surface area contributed by atoms with E-state index in [4.69, 9.17) is 0 Å². The number of aryl methyl sites for hydroxylation is 1. The van der Waals surface area contributed by atoms with Crippen molar-refractivity contribution in [1.82, 2.24) is 14.8 Å². The Morgan fingerprint density at radius 3 is 2.66 bits per heavy atom. The van der Waals surface area contributed by atoms with Crippen LogP contribution in [0.15, 0.2) is 16.9 Å². The van der Waals surface area contributed by atoms with E-state index in [1.165, 1.54) is 32.1 Å². The number of H-pyrrole nitrogens is 1. The molecule has 2 saturated heterocycles. The van der Waals surface area contributed by atoms with E-state index < -0.39 is 5.41 Å². The van der Waals surface area contributed by atoms with Crippen LogP contribution >= 0.6 is 0 Å². The molecule has 1 saturated carbocycles. The summed E-state index contributed by atoms with van der Waals surface area (Å²) in [5.41, 5.74) is 0.114. The molecule has 2 aliphatic heterocycles. The monoisotopic (exact) mass is 399 g/mol. The first kappa shape index (κ1) is 20.2. The van der Waals surface area contributed by atoms with Crippen LogP contribution < -0.4 is 5.56 Å². The van der Waals surface area contributed by atoms with Gasteiger partial charge < -0.3 is 14.8 Å².